The number of hydrogen-bond donors (Lipinski definition) is 0. The highest BCUT2D eigenvalue weighted by atomic mass is 19.1. The first-order valence-corrected chi connectivity index (χ1v) is 7.78. The Morgan fingerprint density at radius 2 is 1.88 bits per heavy atom. The number of nitrogens with zero attached hydrogens (tertiary/aromatic N) is 2. The summed E-state index contributed by atoms with van der Waals surface area (Å²) in [6.45, 7) is 2.65. The third-order valence-electron chi connectivity index (χ3n) is 3.94. The van der Waals surface area contributed by atoms with Gasteiger partial charge in [0.15, 0.2) is 24.5 Å². The minimum Gasteiger partial charge on any atom is -0.436 e. The third-order valence-corrected chi connectivity index (χ3v) is 3.94. The second kappa shape index (κ2) is 5.89. The van der Waals surface area contributed by atoms with Gasteiger partial charge in [0, 0.05) is 23.3 Å². The molecule has 4 rings (SSSR count). The van der Waals surface area contributed by atoms with Crippen molar-refractivity contribution >= 4 is 11.1 Å². The Kier molecular flexibility index (Phi) is 3.58. The first-order chi connectivity index (χ1) is 11.7. The molecule has 3 nitrogen and oxygen atoms in total. The summed E-state index contributed by atoms with van der Waals surface area (Å²) in [6.07, 6.45) is 3.89. The molecule has 0 aliphatic carbocycles. The van der Waals surface area contributed by atoms with Crippen LogP contribution < -0.4 is 4.57 Å². The van der Waals surface area contributed by atoms with Gasteiger partial charge in [-0.3, -0.25) is 0 Å². The van der Waals surface area contributed by atoms with E-state index in [4.69, 9.17) is 4.42 Å². The Morgan fingerprint density at radius 3 is 2.67 bits per heavy atom. The molecule has 0 saturated carbocycles. The molecule has 2 aromatic heterocycles. The number of aryl methyl sites for hydroxylation is 1. The van der Waals surface area contributed by atoms with Crippen molar-refractivity contribution in [3.8, 4) is 11.5 Å². The van der Waals surface area contributed by atoms with Crippen molar-refractivity contribution in [2.75, 3.05) is 0 Å². The fourth-order valence-electron chi connectivity index (χ4n) is 2.71. The normalized spacial score (nSPS) is 11.1. The van der Waals surface area contributed by atoms with Gasteiger partial charge in [0.2, 0.25) is 5.89 Å². The summed E-state index contributed by atoms with van der Waals surface area (Å²) in [7, 11) is 0. The molecule has 0 saturated heterocycles. The van der Waals surface area contributed by atoms with Crippen molar-refractivity contribution in [1.29, 1.82) is 0 Å². The highest BCUT2D eigenvalue weighted by Gasteiger charge is 2.10. The minimum atomic E-state index is -0.216. The van der Waals surface area contributed by atoms with Gasteiger partial charge in [0.05, 0.1) is 0 Å². The van der Waals surface area contributed by atoms with Crippen molar-refractivity contribution in [2.24, 2.45) is 0 Å². The van der Waals surface area contributed by atoms with E-state index in [0.717, 1.165) is 27.8 Å². The first-order valence-electron chi connectivity index (χ1n) is 7.78. The van der Waals surface area contributed by atoms with Gasteiger partial charge in [-0.25, -0.2) is 13.9 Å². The molecule has 0 atom stereocenters. The molecule has 0 radical (unpaired) electrons. The Morgan fingerprint density at radius 1 is 1.04 bits per heavy atom. The molecule has 0 spiro atoms. The fourth-order valence-corrected chi connectivity index (χ4v) is 2.71. The van der Waals surface area contributed by atoms with Crippen LogP contribution in [0.25, 0.3) is 22.6 Å². The zero-order chi connectivity index (χ0) is 16.5. The summed E-state index contributed by atoms with van der Waals surface area (Å²) in [5, 5.41) is 0. The van der Waals surface area contributed by atoms with E-state index in [0.29, 0.717) is 12.4 Å². The van der Waals surface area contributed by atoms with E-state index >= 15 is 0 Å². The number of pyridine rings is 1. The van der Waals surface area contributed by atoms with Crippen LogP contribution in [0.5, 0.6) is 0 Å². The molecule has 24 heavy (non-hydrogen) atoms. The number of rotatable bonds is 3. The van der Waals surface area contributed by atoms with Crippen molar-refractivity contribution in [3.63, 3.8) is 0 Å². The van der Waals surface area contributed by atoms with Gasteiger partial charge in [0.1, 0.15) is 11.3 Å². The van der Waals surface area contributed by atoms with E-state index in [1.54, 1.807) is 12.1 Å². The maximum atomic E-state index is 13.3. The number of fused-ring (bicyclic) bond motifs is 1. The zero-order valence-corrected chi connectivity index (χ0v) is 13.2. The van der Waals surface area contributed by atoms with Crippen LogP contribution in [-0.4, -0.2) is 4.98 Å². The molecule has 4 heteroatoms. The monoisotopic (exact) mass is 319 g/mol. The average Bonchev–Trinajstić information content (AvgIpc) is 2.98. The molecular weight excluding hydrogens is 303 g/mol. The second-order valence-electron chi connectivity index (χ2n) is 5.88. The van der Waals surface area contributed by atoms with E-state index in [9.17, 15) is 4.39 Å². The average molecular weight is 319 g/mol. The Labute approximate surface area is 139 Å². The standard InChI is InChI=1S/C20H16FN2O/c1-14-5-6-19-18(11-14)22-20(24-19)16-7-9-23(10-8-16)13-15-3-2-4-17(21)12-15/h2-12H,13H2,1H3/q+1. The summed E-state index contributed by atoms with van der Waals surface area (Å²) in [5.41, 5.74) is 4.64. The molecule has 0 aliphatic rings. The van der Waals surface area contributed by atoms with Crippen molar-refractivity contribution in [2.45, 2.75) is 13.5 Å². The van der Waals surface area contributed by atoms with Gasteiger partial charge in [-0.2, -0.15) is 0 Å². The number of hydrogen-bond acceptors (Lipinski definition) is 2. The van der Waals surface area contributed by atoms with Gasteiger partial charge >= 0.3 is 0 Å². The van der Waals surface area contributed by atoms with Crippen LogP contribution in [-0.2, 0) is 6.54 Å². The predicted molar refractivity (Wildman–Crippen MR) is 89.9 cm³/mol. The quantitative estimate of drug-likeness (QED) is 0.528. The van der Waals surface area contributed by atoms with Gasteiger partial charge in [-0.05, 0) is 36.8 Å². The summed E-state index contributed by atoms with van der Waals surface area (Å²) in [5.74, 6) is 0.389. The van der Waals surface area contributed by atoms with Crippen LogP contribution in [0.1, 0.15) is 11.1 Å². The molecule has 0 unspecified atom stereocenters. The molecule has 2 heterocycles. The minimum absolute atomic E-state index is 0.216. The van der Waals surface area contributed by atoms with E-state index in [1.165, 1.54) is 6.07 Å². The van der Waals surface area contributed by atoms with Gasteiger partial charge in [0.25, 0.3) is 0 Å². The molecule has 0 aliphatic heterocycles. The smallest absolute Gasteiger partial charge is 0.227 e. The summed E-state index contributed by atoms with van der Waals surface area (Å²) < 4.78 is 21.1. The van der Waals surface area contributed by atoms with E-state index < -0.39 is 0 Å². The lowest BCUT2D eigenvalue weighted by atomic mass is 10.2. The molecule has 0 N–H and O–H groups in total. The lowest BCUT2D eigenvalue weighted by Gasteiger charge is -1.99. The summed E-state index contributed by atoms with van der Waals surface area (Å²) in [4.78, 5) is 4.54. The number of aromatic nitrogens is 2. The van der Waals surface area contributed by atoms with E-state index in [1.807, 2.05) is 60.3 Å². The number of benzene rings is 2. The van der Waals surface area contributed by atoms with Crippen molar-refractivity contribution in [3.05, 3.63) is 83.9 Å². The highest BCUT2D eigenvalue weighted by molar-refractivity contribution is 5.76. The Balaban J connectivity index is 1.60. The lowest BCUT2D eigenvalue weighted by molar-refractivity contribution is -0.688. The molecule has 0 amide bonds. The number of oxazole rings is 1. The highest BCUT2D eigenvalue weighted by Crippen LogP contribution is 2.24. The Bertz CT molecular complexity index is 1010. The molecule has 0 fully saturated rings. The number of halogens is 1. The second-order valence-corrected chi connectivity index (χ2v) is 5.88. The third kappa shape index (κ3) is 2.91. The molecule has 0 bridgehead atoms. The van der Waals surface area contributed by atoms with Crippen molar-refractivity contribution < 1.29 is 13.4 Å². The van der Waals surface area contributed by atoms with E-state index in [-0.39, 0.29) is 5.82 Å². The topological polar surface area (TPSA) is 29.9 Å². The molecular formula is C20H16FN2O+. The predicted octanol–water partition coefficient (Wildman–Crippen LogP) is 4.28. The zero-order valence-electron chi connectivity index (χ0n) is 13.2. The summed E-state index contributed by atoms with van der Waals surface area (Å²) in [6, 6.07) is 16.5. The van der Waals surface area contributed by atoms with Gasteiger partial charge < -0.3 is 4.42 Å². The molecule has 118 valence electrons. The first kappa shape index (κ1) is 14.6. The van der Waals surface area contributed by atoms with Gasteiger partial charge in [-0.15, -0.1) is 0 Å². The largest absolute Gasteiger partial charge is 0.436 e. The van der Waals surface area contributed by atoms with Crippen LogP contribution in [0.4, 0.5) is 4.39 Å². The maximum absolute atomic E-state index is 13.3. The van der Waals surface area contributed by atoms with E-state index in [2.05, 4.69) is 4.98 Å². The maximum Gasteiger partial charge on any atom is 0.227 e. The Hall–Kier alpha value is -3.01. The molecule has 4 aromatic rings. The van der Waals surface area contributed by atoms with Gasteiger partial charge in [-0.1, -0.05) is 18.2 Å². The fraction of sp³-hybridized carbons (Fsp3) is 0.100. The van der Waals surface area contributed by atoms with Crippen LogP contribution in [0, 0.1) is 12.7 Å². The van der Waals surface area contributed by atoms with Crippen LogP contribution >= 0.6 is 0 Å². The van der Waals surface area contributed by atoms with Crippen molar-refractivity contribution in [1.82, 2.24) is 4.98 Å². The SMILES string of the molecule is Cc1ccc2oc(-c3cc[n+](Cc4cccc(F)c4)cc3)nc2c1. The van der Waals surface area contributed by atoms with Crippen LogP contribution in [0.3, 0.4) is 0 Å². The molecule has 2 aromatic carbocycles. The van der Waals surface area contributed by atoms with Crippen LogP contribution in [0.15, 0.2) is 71.4 Å². The van der Waals surface area contributed by atoms with Crippen LogP contribution in [0.2, 0.25) is 0 Å². The lowest BCUT2D eigenvalue weighted by Crippen LogP contribution is -2.33. The summed E-state index contributed by atoms with van der Waals surface area (Å²) >= 11 is 0.